The third-order valence-corrected chi connectivity index (χ3v) is 6.72. The third kappa shape index (κ3) is 5.33. The Bertz CT molecular complexity index is 1190. The molecule has 0 aromatic heterocycles. The third-order valence-electron chi connectivity index (χ3n) is 5.34. The Kier molecular flexibility index (Phi) is 6.81. The van der Waals surface area contributed by atoms with Crippen molar-refractivity contribution >= 4 is 21.6 Å². The molecule has 0 aliphatic rings. The fourth-order valence-corrected chi connectivity index (χ4v) is 4.59. The molecule has 1 atom stereocenters. The first-order valence-electron chi connectivity index (χ1n) is 10.3. The summed E-state index contributed by atoms with van der Waals surface area (Å²) in [6.07, 6.45) is 0.768. The van der Waals surface area contributed by atoms with Gasteiger partial charge in [0.25, 0.3) is 15.9 Å². The summed E-state index contributed by atoms with van der Waals surface area (Å²) in [6, 6.07) is 19.5. The Balaban J connectivity index is 1.77. The van der Waals surface area contributed by atoms with Gasteiger partial charge in [-0.05, 0) is 74.2 Å². The van der Waals surface area contributed by atoms with Gasteiger partial charge in [-0.3, -0.25) is 9.52 Å². The van der Waals surface area contributed by atoms with Crippen LogP contribution in [0.15, 0.2) is 71.6 Å². The van der Waals surface area contributed by atoms with E-state index < -0.39 is 10.0 Å². The predicted octanol–water partition coefficient (Wildman–Crippen LogP) is 5.29. The van der Waals surface area contributed by atoms with Crippen LogP contribution in [0.1, 0.15) is 52.0 Å². The lowest BCUT2D eigenvalue weighted by Gasteiger charge is -2.20. The van der Waals surface area contributed by atoms with Gasteiger partial charge in [0.15, 0.2) is 0 Å². The second-order valence-corrected chi connectivity index (χ2v) is 9.42. The zero-order chi connectivity index (χ0) is 22.6. The molecule has 3 aromatic rings. The van der Waals surface area contributed by atoms with Gasteiger partial charge in [0.2, 0.25) is 0 Å². The number of nitrogens with one attached hydrogen (secondary N) is 2. The Morgan fingerprint density at radius 1 is 0.903 bits per heavy atom. The minimum Gasteiger partial charge on any atom is -0.345 e. The lowest BCUT2D eigenvalue weighted by Crippen LogP contribution is -2.28. The number of carbonyl (C=O) groups is 1. The highest BCUT2D eigenvalue weighted by molar-refractivity contribution is 7.92. The van der Waals surface area contributed by atoms with E-state index in [1.165, 1.54) is 0 Å². The number of benzene rings is 3. The molecule has 0 aliphatic heterocycles. The van der Waals surface area contributed by atoms with E-state index in [2.05, 4.69) is 10.0 Å². The molecule has 0 radical (unpaired) electrons. The summed E-state index contributed by atoms with van der Waals surface area (Å²) in [4.78, 5) is 13.0. The topological polar surface area (TPSA) is 75.3 Å². The standard InChI is InChI=1S/C25H28N2O3S/c1-5-23(22-9-7-6-8-18(22)3)26-25(28)20-12-15-24(19(4)16-20)27-31(29,30)21-13-10-17(2)11-14-21/h6-16,23,27H,5H2,1-4H3,(H,26,28)/t23-/m1/s1. The molecule has 31 heavy (non-hydrogen) atoms. The maximum Gasteiger partial charge on any atom is 0.261 e. The molecule has 6 heteroatoms. The van der Waals surface area contributed by atoms with Crippen LogP contribution < -0.4 is 10.0 Å². The molecule has 3 aromatic carbocycles. The molecule has 0 fully saturated rings. The average molecular weight is 437 g/mol. The molecule has 0 bridgehead atoms. The van der Waals surface area contributed by atoms with Crippen molar-refractivity contribution in [2.24, 2.45) is 0 Å². The summed E-state index contributed by atoms with van der Waals surface area (Å²) in [5.41, 5.74) is 4.82. The van der Waals surface area contributed by atoms with E-state index >= 15 is 0 Å². The number of rotatable bonds is 7. The van der Waals surface area contributed by atoms with E-state index in [9.17, 15) is 13.2 Å². The first kappa shape index (κ1) is 22.6. The monoisotopic (exact) mass is 436 g/mol. The van der Waals surface area contributed by atoms with E-state index in [-0.39, 0.29) is 16.8 Å². The van der Waals surface area contributed by atoms with E-state index in [4.69, 9.17) is 0 Å². The zero-order valence-corrected chi connectivity index (χ0v) is 19.1. The molecular formula is C25H28N2O3S. The van der Waals surface area contributed by atoms with Crippen molar-refractivity contribution in [2.45, 2.75) is 45.1 Å². The van der Waals surface area contributed by atoms with Gasteiger partial charge >= 0.3 is 0 Å². The molecule has 0 saturated carbocycles. The second kappa shape index (κ2) is 9.35. The van der Waals surface area contributed by atoms with Crippen LogP contribution in [-0.2, 0) is 10.0 Å². The molecule has 0 heterocycles. The maximum atomic E-state index is 12.9. The van der Waals surface area contributed by atoms with E-state index in [1.54, 1.807) is 49.4 Å². The number of hydrogen-bond donors (Lipinski definition) is 2. The molecule has 0 unspecified atom stereocenters. The van der Waals surface area contributed by atoms with Crippen molar-refractivity contribution in [1.29, 1.82) is 0 Å². The average Bonchev–Trinajstić information content (AvgIpc) is 2.74. The fourth-order valence-electron chi connectivity index (χ4n) is 3.46. The van der Waals surface area contributed by atoms with Crippen LogP contribution in [0.2, 0.25) is 0 Å². The minimum absolute atomic E-state index is 0.0891. The molecule has 5 nitrogen and oxygen atoms in total. The number of sulfonamides is 1. The SMILES string of the molecule is CC[C@@H](NC(=O)c1ccc(NS(=O)(=O)c2ccc(C)cc2)c(C)c1)c1ccccc1C. The molecule has 2 N–H and O–H groups in total. The Hall–Kier alpha value is -3.12. The van der Waals surface area contributed by atoms with Crippen molar-refractivity contribution in [3.63, 3.8) is 0 Å². The lowest BCUT2D eigenvalue weighted by atomic mass is 9.99. The predicted molar refractivity (Wildman–Crippen MR) is 125 cm³/mol. The summed E-state index contributed by atoms with van der Waals surface area (Å²) < 4.78 is 27.9. The normalized spacial score (nSPS) is 12.3. The van der Waals surface area contributed by atoms with Gasteiger partial charge in [0.05, 0.1) is 16.6 Å². The number of hydrogen-bond acceptors (Lipinski definition) is 3. The van der Waals surface area contributed by atoms with E-state index in [1.807, 2.05) is 45.0 Å². The molecule has 0 saturated heterocycles. The van der Waals surface area contributed by atoms with Crippen molar-refractivity contribution in [3.05, 3.63) is 94.5 Å². The van der Waals surface area contributed by atoms with Gasteiger partial charge in [-0.1, -0.05) is 48.9 Å². The van der Waals surface area contributed by atoms with Crippen LogP contribution >= 0.6 is 0 Å². The van der Waals surface area contributed by atoms with Crippen molar-refractivity contribution in [2.75, 3.05) is 4.72 Å². The Labute approximate surface area is 184 Å². The number of carbonyl (C=O) groups excluding carboxylic acids is 1. The summed E-state index contributed by atoms with van der Waals surface area (Å²) in [6.45, 7) is 7.75. The van der Waals surface area contributed by atoms with E-state index in [0.29, 0.717) is 16.8 Å². The first-order valence-corrected chi connectivity index (χ1v) is 11.8. The highest BCUT2D eigenvalue weighted by Crippen LogP contribution is 2.23. The van der Waals surface area contributed by atoms with Crippen molar-refractivity contribution < 1.29 is 13.2 Å². The minimum atomic E-state index is -3.70. The van der Waals surface area contributed by atoms with Gasteiger partial charge in [-0.2, -0.15) is 0 Å². The van der Waals surface area contributed by atoms with Gasteiger partial charge in [-0.25, -0.2) is 8.42 Å². The number of aryl methyl sites for hydroxylation is 3. The summed E-state index contributed by atoms with van der Waals surface area (Å²) >= 11 is 0. The summed E-state index contributed by atoms with van der Waals surface area (Å²) in [5, 5.41) is 3.09. The largest absolute Gasteiger partial charge is 0.345 e. The molecule has 0 aliphatic carbocycles. The quantitative estimate of drug-likeness (QED) is 0.528. The molecular weight excluding hydrogens is 408 g/mol. The highest BCUT2D eigenvalue weighted by Gasteiger charge is 2.18. The van der Waals surface area contributed by atoms with Gasteiger partial charge < -0.3 is 5.32 Å². The molecule has 0 spiro atoms. The van der Waals surface area contributed by atoms with Crippen LogP contribution in [0, 0.1) is 20.8 Å². The Morgan fingerprint density at radius 2 is 1.58 bits per heavy atom. The summed E-state index contributed by atoms with van der Waals surface area (Å²) in [5.74, 6) is -0.189. The van der Waals surface area contributed by atoms with Crippen LogP contribution in [0.3, 0.4) is 0 Å². The van der Waals surface area contributed by atoms with E-state index in [0.717, 1.165) is 23.1 Å². The maximum absolute atomic E-state index is 12.9. The Morgan fingerprint density at radius 3 is 2.19 bits per heavy atom. The first-order chi connectivity index (χ1) is 14.7. The highest BCUT2D eigenvalue weighted by atomic mass is 32.2. The van der Waals surface area contributed by atoms with Crippen LogP contribution in [0.25, 0.3) is 0 Å². The van der Waals surface area contributed by atoms with Gasteiger partial charge in [0, 0.05) is 5.56 Å². The smallest absolute Gasteiger partial charge is 0.261 e. The molecule has 3 rings (SSSR count). The number of anilines is 1. The second-order valence-electron chi connectivity index (χ2n) is 7.74. The summed E-state index contributed by atoms with van der Waals surface area (Å²) in [7, 11) is -3.70. The number of amides is 1. The zero-order valence-electron chi connectivity index (χ0n) is 18.3. The van der Waals surface area contributed by atoms with Crippen molar-refractivity contribution in [3.8, 4) is 0 Å². The van der Waals surface area contributed by atoms with Gasteiger partial charge in [-0.15, -0.1) is 0 Å². The lowest BCUT2D eigenvalue weighted by molar-refractivity contribution is 0.0935. The fraction of sp³-hybridized carbons (Fsp3) is 0.240. The van der Waals surface area contributed by atoms with Crippen LogP contribution in [0.5, 0.6) is 0 Å². The van der Waals surface area contributed by atoms with Crippen LogP contribution in [0.4, 0.5) is 5.69 Å². The van der Waals surface area contributed by atoms with Crippen molar-refractivity contribution in [1.82, 2.24) is 5.32 Å². The molecule has 162 valence electrons. The molecule has 1 amide bonds. The van der Waals surface area contributed by atoms with Gasteiger partial charge in [0.1, 0.15) is 0 Å². The van der Waals surface area contributed by atoms with Crippen LogP contribution in [-0.4, -0.2) is 14.3 Å².